The minimum absolute atomic E-state index is 0.244. The van der Waals surface area contributed by atoms with Crippen LogP contribution >= 0.6 is 0 Å². The van der Waals surface area contributed by atoms with Gasteiger partial charge in [0.05, 0.1) is 37.0 Å². The van der Waals surface area contributed by atoms with Gasteiger partial charge in [0, 0.05) is 18.6 Å². The topological polar surface area (TPSA) is 37.1 Å². The zero-order valence-corrected chi connectivity index (χ0v) is 10.4. The average molecular weight is 239 g/mol. The van der Waals surface area contributed by atoms with Crippen molar-refractivity contribution in [3.63, 3.8) is 0 Å². The van der Waals surface area contributed by atoms with Crippen LogP contribution in [0.5, 0.6) is 0 Å². The van der Waals surface area contributed by atoms with Gasteiger partial charge in [-0.2, -0.15) is 0 Å². The highest BCUT2D eigenvalue weighted by Gasteiger charge is 2.25. The molecule has 1 atom stereocenters. The van der Waals surface area contributed by atoms with Gasteiger partial charge in [-0.3, -0.25) is 15.0 Å². The molecule has 0 aromatic carbocycles. The summed E-state index contributed by atoms with van der Waals surface area (Å²) in [5.74, 6) is 0.244. The molecule has 0 aromatic rings. The first-order valence-corrected chi connectivity index (χ1v) is 6.53. The summed E-state index contributed by atoms with van der Waals surface area (Å²) in [7, 11) is 0. The Kier molecular flexibility index (Phi) is 3.31. The predicted molar refractivity (Wildman–Crippen MR) is 77.1 cm³/mol. The number of nitrogens with zero attached hydrogens (tertiary/aromatic N) is 3. The lowest BCUT2D eigenvalue weighted by Crippen LogP contribution is -2.32. The molecule has 0 radical (unpaired) electrons. The van der Waals surface area contributed by atoms with Crippen LogP contribution in [0.3, 0.4) is 0 Å². The third-order valence-electron chi connectivity index (χ3n) is 3.40. The molecule has 3 aliphatic heterocycles. The van der Waals surface area contributed by atoms with Gasteiger partial charge in [-0.25, -0.2) is 0 Å². The van der Waals surface area contributed by atoms with E-state index in [1.165, 1.54) is 5.71 Å². The largest absolute Gasteiger partial charge is 0.289 e. The van der Waals surface area contributed by atoms with Crippen molar-refractivity contribution in [3.8, 4) is 0 Å². The molecule has 0 spiro atoms. The molecule has 18 heavy (non-hydrogen) atoms. The molecule has 0 aliphatic carbocycles. The van der Waals surface area contributed by atoms with Crippen LogP contribution < -0.4 is 0 Å². The van der Waals surface area contributed by atoms with Gasteiger partial charge in [0.1, 0.15) is 0 Å². The van der Waals surface area contributed by atoms with Crippen molar-refractivity contribution in [1.82, 2.24) is 0 Å². The van der Waals surface area contributed by atoms with E-state index in [0.717, 1.165) is 43.9 Å². The second-order valence-corrected chi connectivity index (χ2v) is 4.60. The van der Waals surface area contributed by atoms with E-state index < -0.39 is 0 Å². The number of hydrogen-bond donors (Lipinski definition) is 0. The van der Waals surface area contributed by atoms with Crippen LogP contribution in [0.4, 0.5) is 0 Å². The summed E-state index contributed by atoms with van der Waals surface area (Å²) in [6.45, 7) is 2.37. The fourth-order valence-corrected chi connectivity index (χ4v) is 2.50. The average Bonchev–Trinajstić information content (AvgIpc) is 2.49. The summed E-state index contributed by atoms with van der Waals surface area (Å²) < 4.78 is 0. The Bertz CT molecular complexity index is 504. The van der Waals surface area contributed by atoms with Crippen molar-refractivity contribution in [2.45, 2.75) is 12.8 Å². The Morgan fingerprint density at radius 2 is 1.56 bits per heavy atom. The second kappa shape index (κ2) is 5.25. The van der Waals surface area contributed by atoms with Crippen LogP contribution in [0.1, 0.15) is 12.8 Å². The minimum Gasteiger partial charge on any atom is -0.289 e. The van der Waals surface area contributed by atoms with Gasteiger partial charge in [0.25, 0.3) is 0 Å². The Hall–Kier alpha value is -1.77. The lowest BCUT2D eigenvalue weighted by molar-refractivity contribution is 1.02. The van der Waals surface area contributed by atoms with Gasteiger partial charge in [0.15, 0.2) is 0 Å². The quantitative estimate of drug-likeness (QED) is 0.664. The summed E-state index contributed by atoms with van der Waals surface area (Å²) in [5, 5.41) is 0. The minimum atomic E-state index is 0.244. The smallest absolute Gasteiger partial charge is 0.0690 e. The summed E-state index contributed by atoms with van der Waals surface area (Å²) in [4.78, 5) is 13.9. The molecular formula is C15H17N3. The van der Waals surface area contributed by atoms with Crippen molar-refractivity contribution in [2.75, 3.05) is 19.6 Å². The summed E-state index contributed by atoms with van der Waals surface area (Å²) in [6, 6.07) is 0. The normalized spacial score (nSPS) is 26.7. The zero-order valence-electron chi connectivity index (χ0n) is 10.4. The second-order valence-electron chi connectivity index (χ2n) is 4.60. The van der Waals surface area contributed by atoms with Crippen LogP contribution in [0.2, 0.25) is 0 Å². The van der Waals surface area contributed by atoms with E-state index >= 15 is 0 Å². The highest BCUT2D eigenvalue weighted by Crippen LogP contribution is 2.18. The standard InChI is InChI=1S/C15H17N3/c1-3-9-16-13(7-1)12-6-5-11-18-15(12)14-8-2-4-10-17-14/h1-6,12H,7-11H2. The van der Waals surface area contributed by atoms with Crippen molar-refractivity contribution in [2.24, 2.45) is 20.9 Å². The highest BCUT2D eigenvalue weighted by atomic mass is 14.8. The fraction of sp³-hybridized carbons (Fsp3) is 0.400. The highest BCUT2D eigenvalue weighted by molar-refractivity contribution is 6.47. The van der Waals surface area contributed by atoms with Crippen LogP contribution in [0.25, 0.3) is 0 Å². The third kappa shape index (κ3) is 2.26. The van der Waals surface area contributed by atoms with E-state index in [1.54, 1.807) is 0 Å². The van der Waals surface area contributed by atoms with Crippen LogP contribution in [0.15, 0.2) is 51.4 Å². The number of hydrogen-bond acceptors (Lipinski definition) is 3. The van der Waals surface area contributed by atoms with E-state index in [4.69, 9.17) is 0 Å². The Morgan fingerprint density at radius 3 is 2.28 bits per heavy atom. The molecule has 3 heterocycles. The molecule has 0 saturated carbocycles. The van der Waals surface area contributed by atoms with Gasteiger partial charge in [-0.1, -0.05) is 36.5 Å². The van der Waals surface area contributed by atoms with Gasteiger partial charge >= 0.3 is 0 Å². The zero-order chi connectivity index (χ0) is 12.2. The van der Waals surface area contributed by atoms with E-state index in [-0.39, 0.29) is 5.92 Å². The lowest BCUT2D eigenvalue weighted by atomic mass is 9.88. The summed E-state index contributed by atoms with van der Waals surface area (Å²) in [6.07, 6.45) is 14.8. The molecular weight excluding hydrogens is 222 g/mol. The molecule has 92 valence electrons. The van der Waals surface area contributed by atoms with Crippen molar-refractivity contribution >= 4 is 17.1 Å². The molecule has 3 heteroatoms. The summed E-state index contributed by atoms with van der Waals surface area (Å²) in [5.41, 5.74) is 3.50. The van der Waals surface area contributed by atoms with Gasteiger partial charge < -0.3 is 0 Å². The van der Waals surface area contributed by atoms with Crippen LogP contribution in [0, 0.1) is 5.92 Å². The summed E-state index contributed by atoms with van der Waals surface area (Å²) >= 11 is 0. The van der Waals surface area contributed by atoms with E-state index in [2.05, 4.69) is 51.4 Å². The first kappa shape index (κ1) is 11.3. The SMILES string of the molecule is C1=CCC(C2=NCC=CC2C2=NCC=CC2)=NC1. The molecule has 3 nitrogen and oxygen atoms in total. The third-order valence-corrected chi connectivity index (χ3v) is 3.40. The Morgan fingerprint density at radius 1 is 0.778 bits per heavy atom. The monoisotopic (exact) mass is 239 g/mol. The molecule has 0 fully saturated rings. The number of aliphatic imine (C=N–C) groups is 3. The Balaban J connectivity index is 1.85. The molecule has 0 N–H and O–H groups in total. The van der Waals surface area contributed by atoms with Gasteiger partial charge in [-0.15, -0.1) is 0 Å². The van der Waals surface area contributed by atoms with Crippen molar-refractivity contribution in [3.05, 3.63) is 36.5 Å². The van der Waals surface area contributed by atoms with Crippen molar-refractivity contribution < 1.29 is 0 Å². The lowest BCUT2D eigenvalue weighted by Gasteiger charge is -2.23. The van der Waals surface area contributed by atoms with Crippen molar-refractivity contribution in [1.29, 1.82) is 0 Å². The number of allylic oxidation sites excluding steroid dienone is 3. The Labute approximate surface area is 107 Å². The first-order chi connectivity index (χ1) is 8.95. The van der Waals surface area contributed by atoms with E-state index in [0.29, 0.717) is 0 Å². The maximum absolute atomic E-state index is 4.67. The predicted octanol–water partition coefficient (Wildman–Crippen LogP) is 2.42. The van der Waals surface area contributed by atoms with Gasteiger partial charge in [-0.05, 0) is 0 Å². The first-order valence-electron chi connectivity index (χ1n) is 6.53. The molecule has 0 amide bonds. The molecule has 3 aliphatic rings. The fourth-order valence-electron chi connectivity index (χ4n) is 2.50. The number of rotatable bonds is 2. The van der Waals surface area contributed by atoms with Crippen LogP contribution in [-0.4, -0.2) is 36.8 Å². The van der Waals surface area contributed by atoms with E-state index in [1.807, 2.05) is 0 Å². The molecule has 0 bridgehead atoms. The maximum Gasteiger partial charge on any atom is 0.0690 e. The number of dihydropyridines is 3. The van der Waals surface area contributed by atoms with Gasteiger partial charge in [0.2, 0.25) is 0 Å². The van der Waals surface area contributed by atoms with Crippen LogP contribution in [-0.2, 0) is 0 Å². The molecule has 0 aromatic heterocycles. The molecule has 1 unspecified atom stereocenters. The maximum atomic E-state index is 4.67. The molecule has 0 saturated heterocycles. The molecule has 3 rings (SSSR count). The van der Waals surface area contributed by atoms with E-state index in [9.17, 15) is 0 Å².